The molecule has 2 heterocycles. The van der Waals surface area contributed by atoms with Crippen LogP contribution in [0.3, 0.4) is 0 Å². The van der Waals surface area contributed by atoms with Crippen molar-refractivity contribution in [1.82, 2.24) is 4.98 Å². The van der Waals surface area contributed by atoms with Crippen LogP contribution in [-0.2, 0) is 4.79 Å². The fraction of sp³-hybridized carbons (Fsp3) is 0.105. The van der Waals surface area contributed by atoms with E-state index in [-0.39, 0.29) is 5.69 Å². The highest BCUT2D eigenvalue weighted by Gasteiger charge is 2.36. The lowest BCUT2D eigenvalue weighted by Gasteiger charge is -2.08. The molecule has 156 valence electrons. The van der Waals surface area contributed by atoms with Gasteiger partial charge >= 0.3 is 0 Å². The number of benzene rings is 2. The molecule has 1 unspecified atom stereocenters. The van der Waals surface area contributed by atoms with Crippen LogP contribution in [-0.4, -0.2) is 27.6 Å². The molecular formula is C19H12Cl2N6O3S. The Hall–Kier alpha value is -3.21. The highest BCUT2D eigenvalue weighted by Crippen LogP contribution is 2.33. The van der Waals surface area contributed by atoms with Crippen LogP contribution < -0.4 is 5.01 Å². The lowest BCUT2D eigenvalue weighted by atomic mass is 10.1. The van der Waals surface area contributed by atoms with Crippen LogP contribution in [0.5, 0.6) is 0 Å². The zero-order chi connectivity index (χ0) is 22.1. The zero-order valence-electron chi connectivity index (χ0n) is 15.8. The predicted molar refractivity (Wildman–Crippen MR) is 120 cm³/mol. The van der Waals surface area contributed by atoms with Gasteiger partial charge in [0.2, 0.25) is 5.13 Å². The minimum Gasteiger partial charge on any atom is -0.269 e. The molecule has 0 aliphatic carbocycles. The summed E-state index contributed by atoms with van der Waals surface area (Å²) in [6.07, 6.45) is 0. The number of nitrogens with zero attached hydrogens (tertiary/aromatic N) is 6. The number of hydrogen-bond donors (Lipinski definition) is 0. The van der Waals surface area contributed by atoms with Gasteiger partial charge in [-0.2, -0.15) is 20.3 Å². The first-order valence-electron chi connectivity index (χ1n) is 8.79. The third kappa shape index (κ3) is 4.31. The van der Waals surface area contributed by atoms with Gasteiger partial charge in [-0.25, -0.2) is 4.98 Å². The largest absolute Gasteiger partial charge is 0.282 e. The number of aromatic nitrogens is 1. The zero-order valence-corrected chi connectivity index (χ0v) is 18.1. The van der Waals surface area contributed by atoms with Gasteiger partial charge in [-0.15, -0.1) is 11.3 Å². The van der Waals surface area contributed by atoms with Gasteiger partial charge in [-0.05, 0) is 25.1 Å². The number of carbonyl (C=O) groups is 1. The molecule has 3 aromatic rings. The van der Waals surface area contributed by atoms with E-state index in [1.807, 2.05) is 0 Å². The summed E-state index contributed by atoms with van der Waals surface area (Å²) in [6.45, 7) is 1.66. The molecule has 0 spiro atoms. The molecule has 1 amide bonds. The van der Waals surface area contributed by atoms with Crippen molar-refractivity contribution in [3.05, 3.63) is 68.0 Å². The number of nitro groups is 1. The van der Waals surface area contributed by atoms with E-state index in [0.29, 0.717) is 37.8 Å². The number of carbonyl (C=O) groups excluding carboxylic acids is 1. The fourth-order valence-electron chi connectivity index (χ4n) is 2.78. The summed E-state index contributed by atoms with van der Waals surface area (Å²) in [5.41, 5.74) is 1.81. The average molecular weight is 475 g/mol. The van der Waals surface area contributed by atoms with E-state index in [0.717, 1.165) is 5.01 Å². The van der Waals surface area contributed by atoms with Crippen molar-refractivity contribution in [3.8, 4) is 11.3 Å². The van der Waals surface area contributed by atoms with Crippen molar-refractivity contribution in [2.24, 2.45) is 15.3 Å². The lowest BCUT2D eigenvalue weighted by Crippen LogP contribution is -2.29. The minimum absolute atomic E-state index is 0.0432. The molecule has 12 heteroatoms. The van der Waals surface area contributed by atoms with Gasteiger partial charge in [0.25, 0.3) is 11.6 Å². The van der Waals surface area contributed by atoms with E-state index in [1.165, 1.54) is 23.5 Å². The third-order valence-electron chi connectivity index (χ3n) is 4.31. The molecule has 4 rings (SSSR count). The number of non-ortho nitro benzene ring substituents is 1. The van der Waals surface area contributed by atoms with E-state index in [2.05, 4.69) is 20.3 Å². The topological polar surface area (TPSA) is 113 Å². The summed E-state index contributed by atoms with van der Waals surface area (Å²) in [7, 11) is 0. The molecule has 1 atom stereocenters. The van der Waals surface area contributed by atoms with E-state index in [1.54, 1.807) is 42.6 Å². The molecule has 0 saturated heterocycles. The number of thiazole rings is 1. The Bertz CT molecular complexity index is 1260. The Morgan fingerprint density at radius 2 is 2.03 bits per heavy atom. The van der Waals surface area contributed by atoms with E-state index < -0.39 is 16.9 Å². The number of azo groups is 1. The molecule has 1 aliphatic rings. The summed E-state index contributed by atoms with van der Waals surface area (Å²) >= 11 is 13.2. The summed E-state index contributed by atoms with van der Waals surface area (Å²) in [6, 6.07) is 9.95. The standard InChI is InChI=1S/C19H12Cl2N6O3S/c1-10-17(24-23-15-8-12(20)5-6-14(15)21)18(28)26(25-10)19-22-16(9-31-19)11-3-2-4-13(7-11)27(29)30/h2-9,17H,1H3. The molecule has 0 radical (unpaired) electrons. The van der Waals surface area contributed by atoms with Crippen LogP contribution in [0.2, 0.25) is 10.0 Å². The Labute approximate surface area is 189 Å². The van der Waals surface area contributed by atoms with Gasteiger partial charge in [0.05, 0.1) is 21.4 Å². The molecule has 0 bridgehead atoms. The van der Waals surface area contributed by atoms with Crippen LogP contribution in [0.4, 0.5) is 16.5 Å². The monoisotopic (exact) mass is 474 g/mol. The van der Waals surface area contributed by atoms with Crippen molar-refractivity contribution in [2.45, 2.75) is 13.0 Å². The van der Waals surface area contributed by atoms with Crippen molar-refractivity contribution in [3.63, 3.8) is 0 Å². The number of amides is 1. The SMILES string of the molecule is CC1=NN(c2nc(-c3cccc([N+](=O)[O-])c3)cs2)C(=O)C1N=Nc1cc(Cl)ccc1Cl. The Balaban J connectivity index is 1.56. The van der Waals surface area contributed by atoms with Gasteiger partial charge in [0.15, 0.2) is 6.04 Å². The number of halogens is 2. The Morgan fingerprint density at radius 3 is 2.81 bits per heavy atom. The van der Waals surface area contributed by atoms with Crippen molar-refractivity contribution in [2.75, 3.05) is 5.01 Å². The third-order valence-corrected chi connectivity index (χ3v) is 5.68. The van der Waals surface area contributed by atoms with Crippen LogP contribution >= 0.6 is 34.5 Å². The maximum atomic E-state index is 12.9. The first kappa shape index (κ1) is 21.0. The average Bonchev–Trinajstić information content (AvgIpc) is 3.34. The van der Waals surface area contributed by atoms with Crippen molar-refractivity contribution < 1.29 is 9.72 Å². The summed E-state index contributed by atoms with van der Waals surface area (Å²) in [5, 5.41) is 27.4. The molecule has 0 fully saturated rings. The second-order valence-corrected chi connectivity index (χ2v) is 8.11. The van der Waals surface area contributed by atoms with E-state index in [9.17, 15) is 14.9 Å². The van der Waals surface area contributed by atoms with Crippen LogP contribution in [0.1, 0.15) is 6.92 Å². The number of hydrazone groups is 1. The van der Waals surface area contributed by atoms with Gasteiger partial charge in [0.1, 0.15) is 5.69 Å². The Morgan fingerprint density at radius 1 is 1.23 bits per heavy atom. The quantitative estimate of drug-likeness (QED) is 0.260. The summed E-state index contributed by atoms with van der Waals surface area (Å²) < 4.78 is 0. The molecule has 1 aromatic heterocycles. The number of nitro benzene ring substituents is 1. The van der Waals surface area contributed by atoms with E-state index >= 15 is 0 Å². The van der Waals surface area contributed by atoms with Gasteiger partial charge in [0, 0.05) is 28.1 Å². The summed E-state index contributed by atoms with van der Waals surface area (Å²) in [4.78, 5) is 27.8. The fourth-order valence-corrected chi connectivity index (χ4v) is 3.89. The second-order valence-electron chi connectivity index (χ2n) is 6.43. The van der Waals surface area contributed by atoms with Gasteiger partial charge in [-0.3, -0.25) is 14.9 Å². The number of hydrogen-bond acceptors (Lipinski definition) is 8. The maximum Gasteiger partial charge on any atom is 0.282 e. The summed E-state index contributed by atoms with van der Waals surface area (Å²) in [5.74, 6) is -0.417. The molecule has 2 aromatic carbocycles. The number of anilines is 1. The second kappa shape index (κ2) is 8.50. The van der Waals surface area contributed by atoms with Crippen molar-refractivity contribution >= 4 is 62.7 Å². The molecule has 0 N–H and O–H groups in total. The smallest absolute Gasteiger partial charge is 0.269 e. The van der Waals surface area contributed by atoms with Gasteiger partial charge in [-0.1, -0.05) is 35.3 Å². The van der Waals surface area contributed by atoms with Gasteiger partial charge < -0.3 is 0 Å². The van der Waals surface area contributed by atoms with Crippen LogP contribution in [0, 0.1) is 10.1 Å². The minimum atomic E-state index is -0.916. The highest BCUT2D eigenvalue weighted by atomic mass is 35.5. The molecule has 9 nitrogen and oxygen atoms in total. The normalized spacial score (nSPS) is 16.2. The van der Waals surface area contributed by atoms with Crippen molar-refractivity contribution in [1.29, 1.82) is 0 Å². The van der Waals surface area contributed by atoms with Crippen LogP contribution in [0.25, 0.3) is 11.3 Å². The first-order valence-corrected chi connectivity index (χ1v) is 10.4. The Kier molecular flexibility index (Phi) is 5.77. The molecule has 0 saturated carbocycles. The highest BCUT2D eigenvalue weighted by molar-refractivity contribution is 7.14. The maximum absolute atomic E-state index is 12.9. The molecule has 1 aliphatic heterocycles. The molecular weight excluding hydrogens is 463 g/mol. The number of rotatable bonds is 5. The lowest BCUT2D eigenvalue weighted by molar-refractivity contribution is -0.384. The van der Waals surface area contributed by atoms with Crippen LogP contribution in [0.15, 0.2) is 63.2 Å². The first-order chi connectivity index (χ1) is 14.8. The predicted octanol–water partition coefficient (Wildman–Crippen LogP) is 5.90. The molecule has 31 heavy (non-hydrogen) atoms. The van der Waals surface area contributed by atoms with E-state index in [4.69, 9.17) is 23.2 Å².